The molecule has 0 aliphatic carbocycles. The highest BCUT2D eigenvalue weighted by atomic mass is 32.2. The summed E-state index contributed by atoms with van der Waals surface area (Å²) in [6.07, 6.45) is 2.38. The summed E-state index contributed by atoms with van der Waals surface area (Å²) in [7, 11) is -3.45. The van der Waals surface area contributed by atoms with Gasteiger partial charge in [-0.25, -0.2) is 13.4 Å². The van der Waals surface area contributed by atoms with E-state index in [2.05, 4.69) is 12.1 Å². The van der Waals surface area contributed by atoms with E-state index in [0.29, 0.717) is 31.1 Å². The number of rotatable bonds is 5. The van der Waals surface area contributed by atoms with E-state index in [1.165, 1.54) is 21.9 Å². The van der Waals surface area contributed by atoms with Crippen molar-refractivity contribution in [2.75, 3.05) is 17.7 Å². The van der Waals surface area contributed by atoms with Crippen LogP contribution in [0.5, 0.6) is 0 Å². The second-order valence-corrected chi connectivity index (χ2v) is 10.8. The van der Waals surface area contributed by atoms with Gasteiger partial charge in [0.2, 0.25) is 15.9 Å². The number of sulfonamides is 1. The van der Waals surface area contributed by atoms with Crippen LogP contribution in [0.2, 0.25) is 0 Å². The predicted molar refractivity (Wildman–Crippen MR) is 121 cm³/mol. The van der Waals surface area contributed by atoms with Gasteiger partial charge in [0, 0.05) is 6.54 Å². The zero-order valence-corrected chi connectivity index (χ0v) is 19.0. The molecule has 8 heteroatoms. The summed E-state index contributed by atoms with van der Waals surface area (Å²) in [5.41, 5.74) is 4.08. The van der Waals surface area contributed by atoms with E-state index in [4.69, 9.17) is 4.98 Å². The first-order valence-electron chi connectivity index (χ1n) is 9.94. The average molecular weight is 444 g/mol. The fraction of sp³-hybridized carbons (Fsp3) is 0.364. The summed E-state index contributed by atoms with van der Waals surface area (Å²) in [5, 5.41) is 0.605. The van der Waals surface area contributed by atoms with Gasteiger partial charge in [0.25, 0.3) is 0 Å². The van der Waals surface area contributed by atoms with E-state index in [1.54, 1.807) is 4.90 Å². The summed E-state index contributed by atoms with van der Waals surface area (Å²) >= 11 is 1.47. The predicted octanol–water partition coefficient (Wildman–Crippen LogP) is 3.87. The second-order valence-electron chi connectivity index (χ2n) is 7.87. The van der Waals surface area contributed by atoms with Crippen molar-refractivity contribution in [2.45, 2.75) is 39.3 Å². The lowest BCUT2D eigenvalue weighted by molar-refractivity contribution is -0.121. The van der Waals surface area contributed by atoms with Gasteiger partial charge in [0.15, 0.2) is 5.13 Å². The molecule has 0 N–H and O–H groups in total. The number of amides is 1. The van der Waals surface area contributed by atoms with Crippen molar-refractivity contribution in [1.82, 2.24) is 9.29 Å². The largest absolute Gasteiger partial charge is 0.282 e. The van der Waals surface area contributed by atoms with Crippen molar-refractivity contribution in [1.29, 1.82) is 0 Å². The lowest BCUT2D eigenvalue weighted by Gasteiger charge is -2.27. The minimum Gasteiger partial charge on any atom is -0.282 e. The number of hydrogen-bond donors (Lipinski definition) is 0. The fourth-order valence-corrected chi connectivity index (χ4v) is 6.31. The monoisotopic (exact) mass is 443 g/mol. The maximum absolute atomic E-state index is 13.6. The number of carbonyl (C=O) groups is 1. The minimum atomic E-state index is -3.45. The third kappa shape index (κ3) is 4.12. The average Bonchev–Trinajstić information content (AvgIpc) is 3.33. The lowest BCUT2D eigenvalue weighted by Crippen LogP contribution is -2.47. The molecule has 1 unspecified atom stereocenters. The molecular weight excluding hydrogens is 418 g/mol. The molecular formula is C22H25N3O3S2. The van der Waals surface area contributed by atoms with Gasteiger partial charge < -0.3 is 0 Å². The maximum Gasteiger partial charge on any atom is 0.247 e. The number of aromatic nitrogens is 1. The lowest BCUT2D eigenvalue weighted by atomic mass is 10.1. The Labute approximate surface area is 181 Å². The fourth-order valence-electron chi connectivity index (χ4n) is 4.04. The normalized spacial score (nSPS) is 17.5. The smallest absolute Gasteiger partial charge is 0.247 e. The molecule has 1 aliphatic heterocycles. The van der Waals surface area contributed by atoms with E-state index in [-0.39, 0.29) is 5.91 Å². The van der Waals surface area contributed by atoms with Crippen LogP contribution in [0.25, 0.3) is 10.2 Å². The molecule has 0 radical (unpaired) electrons. The molecule has 1 fully saturated rings. The molecule has 2 heterocycles. The van der Waals surface area contributed by atoms with Crippen LogP contribution in [0.4, 0.5) is 5.13 Å². The van der Waals surface area contributed by atoms with Crippen molar-refractivity contribution in [2.24, 2.45) is 0 Å². The van der Waals surface area contributed by atoms with Crippen LogP contribution in [0.1, 0.15) is 29.5 Å². The van der Waals surface area contributed by atoms with Crippen molar-refractivity contribution in [3.05, 3.63) is 59.2 Å². The van der Waals surface area contributed by atoms with Gasteiger partial charge in [0.1, 0.15) is 6.04 Å². The van der Waals surface area contributed by atoms with E-state index < -0.39 is 16.1 Å². The van der Waals surface area contributed by atoms with Crippen LogP contribution in [-0.4, -0.2) is 42.5 Å². The molecule has 158 valence electrons. The van der Waals surface area contributed by atoms with Gasteiger partial charge in [-0.15, -0.1) is 0 Å². The molecule has 1 atom stereocenters. The van der Waals surface area contributed by atoms with Gasteiger partial charge in [-0.2, -0.15) is 4.31 Å². The van der Waals surface area contributed by atoms with Crippen LogP contribution in [0, 0.1) is 13.8 Å². The molecule has 0 saturated carbocycles. The summed E-state index contributed by atoms with van der Waals surface area (Å²) in [6, 6.07) is 13.2. The maximum atomic E-state index is 13.6. The zero-order chi connectivity index (χ0) is 21.5. The van der Waals surface area contributed by atoms with E-state index >= 15 is 0 Å². The Hall–Kier alpha value is -2.29. The first-order chi connectivity index (χ1) is 14.2. The van der Waals surface area contributed by atoms with Crippen LogP contribution in [0.15, 0.2) is 42.5 Å². The topological polar surface area (TPSA) is 70.6 Å². The summed E-state index contributed by atoms with van der Waals surface area (Å²) < 4.78 is 26.8. The van der Waals surface area contributed by atoms with Gasteiger partial charge >= 0.3 is 0 Å². The van der Waals surface area contributed by atoms with Crippen LogP contribution >= 0.6 is 11.3 Å². The minimum absolute atomic E-state index is 0.213. The standard InChI is InChI=1S/C22H25N3O3S2/c1-15-12-16(2)20-19(13-15)29-22(23-20)24(14-17-8-5-4-6-9-17)21(26)18-10-7-11-25(18)30(3,27)28/h4-6,8-9,12-13,18H,7,10-11,14H2,1-3H3. The third-order valence-corrected chi connectivity index (χ3v) is 7.73. The van der Waals surface area contributed by atoms with Gasteiger partial charge in [-0.05, 0) is 49.4 Å². The Morgan fingerprint density at radius 3 is 2.67 bits per heavy atom. The molecule has 4 rings (SSSR count). The molecule has 3 aromatic rings. The first kappa shape index (κ1) is 21.0. The Morgan fingerprint density at radius 2 is 1.97 bits per heavy atom. The van der Waals surface area contributed by atoms with Crippen LogP contribution in [-0.2, 0) is 21.4 Å². The summed E-state index contributed by atoms with van der Waals surface area (Å²) in [4.78, 5) is 20.1. The molecule has 30 heavy (non-hydrogen) atoms. The van der Waals surface area contributed by atoms with Crippen molar-refractivity contribution >= 4 is 42.6 Å². The number of hydrogen-bond acceptors (Lipinski definition) is 5. The molecule has 0 bridgehead atoms. The number of benzene rings is 2. The summed E-state index contributed by atoms with van der Waals surface area (Å²) in [6.45, 7) is 4.80. The number of nitrogens with zero attached hydrogens (tertiary/aromatic N) is 3. The number of anilines is 1. The van der Waals surface area contributed by atoms with Gasteiger partial charge in [0.05, 0.1) is 23.0 Å². The van der Waals surface area contributed by atoms with Gasteiger partial charge in [-0.3, -0.25) is 9.69 Å². The highest BCUT2D eigenvalue weighted by Crippen LogP contribution is 2.34. The third-order valence-electron chi connectivity index (χ3n) is 5.41. The number of fused-ring (bicyclic) bond motifs is 1. The van der Waals surface area contributed by atoms with Crippen LogP contribution < -0.4 is 4.90 Å². The number of aryl methyl sites for hydroxylation is 2. The Bertz CT molecular complexity index is 1190. The van der Waals surface area contributed by atoms with Crippen molar-refractivity contribution in [3.63, 3.8) is 0 Å². The molecule has 1 saturated heterocycles. The first-order valence-corrected chi connectivity index (χ1v) is 12.6. The molecule has 2 aromatic carbocycles. The van der Waals surface area contributed by atoms with Crippen molar-refractivity contribution in [3.8, 4) is 0 Å². The van der Waals surface area contributed by atoms with Gasteiger partial charge in [-0.1, -0.05) is 47.7 Å². The second kappa shape index (κ2) is 8.09. The van der Waals surface area contributed by atoms with E-state index in [9.17, 15) is 13.2 Å². The Balaban J connectivity index is 1.77. The van der Waals surface area contributed by atoms with Crippen LogP contribution in [0.3, 0.4) is 0 Å². The molecule has 1 amide bonds. The molecule has 0 spiro atoms. The van der Waals surface area contributed by atoms with Crippen molar-refractivity contribution < 1.29 is 13.2 Å². The highest BCUT2D eigenvalue weighted by Gasteiger charge is 2.39. The Kier molecular flexibility index (Phi) is 5.65. The van der Waals surface area contributed by atoms with E-state index in [1.807, 2.05) is 44.2 Å². The number of thiazole rings is 1. The SMILES string of the molecule is Cc1cc(C)c2nc(N(Cc3ccccc3)C(=O)C3CCCN3S(C)(=O)=O)sc2c1. The number of carbonyl (C=O) groups excluding carboxylic acids is 1. The molecule has 1 aromatic heterocycles. The quantitative estimate of drug-likeness (QED) is 0.600. The molecule has 6 nitrogen and oxygen atoms in total. The van der Waals surface area contributed by atoms with E-state index in [0.717, 1.165) is 26.9 Å². The highest BCUT2D eigenvalue weighted by molar-refractivity contribution is 7.88. The molecule has 1 aliphatic rings. The zero-order valence-electron chi connectivity index (χ0n) is 17.3. The Morgan fingerprint density at radius 1 is 1.23 bits per heavy atom. The summed E-state index contributed by atoms with van der Waals surface area (Å²) in [5.74, 6) is -0.213.